The molecule has 0 unspecified atom stereocenters. The summed E-state index contributed by atoms with van der Waals surface area (Å²) in [5, 5.41) is 0.556. The van der Waals surface area contributed by atoms with Crippen LogP contribution in [0.15, 0.2) is 63.8 Å². The van der Waals surface area contributed by atoms with Gasteiger partial charge < -0.3 is 9.15 Å². The standard InChI is InChI=1S/C22H23NO3/c24-20-18-11-5-6-12-19(18)26-21(17-9-3-1-4-10-17)22(20)25-16-15-23-13-7-2-8-14-23/h1,3-6,9-12H,2,7-8,13-16H2. The Morgan fingerprint density at radius 1 is 0.923 bits per heavy atom. The minimum absolute atomic E-state index is 0.107. The number of rotatable bonds is 5. The highest BCUT2D eigenvalue weighted by Crippen LogP contribution is 2.30. The summed E-state index contributed by atoms with van der Waals surface area (Å²) >= 11 is 0. The number of hydrogen-bond donors (Lipinski definition) is 0. The second kappa shape index (κ2) is 7.75. The Balaban J connectivity index is 1.66. The van der Waals surface area contributed by atoms with E-state index in [2.05, 4.69) is 4.90 Å². The summed E-state index contributed by atoms with van der Waals surface area (Å²) in [6.07, 6.45) is 3.80. The van der Waals surface area contributed by atoms with Crippen molar-refractivity contribution in [3.8, 4) is 17.1 Å². The van der Waals surface area contributed by atoms with Crippen molar-refractivity contribution in [2.45, 2.75) is 19.3 Å². The normalized spacial score (nSPS) is 15.2. The van der Waals surface area contributed by atoms with E-state index in [1.807, 2.05) is 48.5 Å². The van der Waals surface area contributed by atoms with Crippen molar-refractivity contribution < 1.29 is 9.15 Å². The van der Waals surface area contributed by atoms with E-state index < -0.39 is 0 Å². The summed E-state index contributed by atoms with van der Waals surface area (Å²) in [6, 6.07) is 17.0. The van der Waals surface area contributed by atoms with Crippen molar-refractivity contribution in [2.24, 2.45) is 0 Å². The van der Waals surface area contributed by atoms with Gasteiger partial charge in [-0.3, -0.25) is 9.69 Å². The average molecular weight is 349 g/mol. The molecule has 134 valence electrons. The smallest absolute Gasteiger partial charge is 0.235 e. The third-order valence-electron chi connectivity index (χ3n) is 4.89. The number of ether oxygens (including phenoxy) is 1. The topological polar surface area (TPSA) is 42.7 Å². The molecule has 0 saturated carbocycles. The number of piperidine rings is 1. The van der Waals surface area contributed by atoms with Crippen LogP contribution in [0.1, 0.15) is 19.3 Å². The summed E-state index contributed by atoms with van der Waals surface area (Å²) in [5.41, 5.74) is 1.33. The maximum absolute atomic E-state index is 13.0. The van der Waals surface area contributed by atoms with E-state index in [-0.39, 0.29) is 5.43 Å². The van der Waals surface area contributed by atoms with Gasteiger partial charge in [-0.15, -0.1) is 0 Å². The van der Waals surface area contributed by atoms with Gasteiger partial charge in [0.15, 0.2) is 5.76 Å². The van der Waals surface area contributed by atoms with Crippen molar-refractivity contribution >= 4 is 11.0 Å². The fourth-order valence-corrected chi connectivity index (χ4v) is 3.50. The third-order valence-corrected chi connectivity index (χ3v) is 4.89. The largest absolute Gasteiger partial charge is 0.485 e. The van der Waals surface area contributed by atoms with Gasteiger partial charge >= 0.3 is 0 Å². The fourth-order valence-electron chi connectivity index (χ4n) is 3.50. The van der Waals surface area contributed by atoms with Crippen molar-refractivity contribution in [2.75, 3.05) is 26.2 Å². The molecule has 0 aliphatic carbocycles. The van der Waals surface area contributed by atoms with Crippen LogP contribution in [0.3, 0.4) is 0 Å². The average Bonchev–Trinajstić information content (AvgIpc) is 2.71. The molecule has 0 atom stereocenters. The molecule has 1 aliphatic heterocycles. The predicted molar refractivity (Wildman–Crippen MR) is 104 cm³/mol. The van der Waals surface area contributed by atoms with Gasteiger partial charge in [-0.25, -0.2) is 0 Å². The van der Waals surface area contributed by atoms with E-state index in [4.69, 9.17) is 9.15 Å². The van der Waals surface area contributed by atoms with Gasteiger partial charge in [0, 0.05) is 12.1 Å². The molecular formula is C22H23NO3. The van der Waals surface area contributed by atoms with Crippen molar-refractivity contribution in [1.29, 1.82) is 0 Å². The highest BCUT2D eigenvalue weighted by Gasteiger charge is 2.18. The summed E-state index contributed by atoms with van der Waals surface area (Å²) in [7, 11) is 0. The van der Waals surface area contributed by atoms with Crippen LogP contribution >= 0.6 is 0 Å². The molecule has 0 N–H and O–H groups in total. The predicted octanol–water partition coefficient (Wildman–Crippen LogP) is 4.32. The number of fused-ring (bicyclic) bond motifs is 1. The van der Waals surface area contributed by atoms with E-state index in [0.29, 0.717) is 29.1 Å². The van der Waals surface area contributed by atoms with Crippen molar-refractivity contribution in [1.82, 2.24) is 4.90 Å². The molecule has 1 fully saturated rings. The van der Waals surface area contributed by atoms with Crippen LogP contribution in [0.2, 0.25) is 0 Å². The minimum Gasteiger partial charge on any atom is -0.485 e. The molecule has 1 saturated heterocycles. The van der Waals surface area contributed by atoms with E-state index in [1.165, 1.54) is 19.3 Å². The zero-order valence-corrected chi connectivity index (χ0v) is 14.8. The molecule has 26 heavy (non-hydrogen) atoms. The SMILES string of the molecule is O=c1c(OCCN2CCCCC2)c(-c2ccccc2)oc2ccccc12. The Morgan fingerprint density at radius 3 is 2.46 bits per heavy atom. The molecule has 0 spiro atoms. The zero-order chi connectivity index (χ0) is 17.8. The third kappa shape index (κ3) is 3.51. The van der Waals surface area contributed by atoms with Crippen LogP contribution in [-0.2, 0) is 0 Å². The lowest BCUT2D eigenvalue weighted by Crippen LogP contribution is -2.33. The first kappa shape index (κ1) is 16.9. The molecule has 4 rings (SSSR count). The second-order valence-corrected chi connectivity index (χ2v) is 6.70. The lowest BCUT2D eigenvalue weighted by molar-refractivity contribution is 0.182. The molecule has 2 aromatic carbocycles. The van der Waals surface area contributed by atoms with E-state index >= 15 is 0 Å². The summed E-state index contributed by atoms with van der Waals surface area (Å²) < 4.78 is 12.0. The Bertz CT molecular complexity index is 927. The fraction of sp³-hybridized carbons (Fsp3) is 0.318. The molecular weight excluding hydrogens is 326 g/mol. The van der Waals surface area contributed by atoms with Crippen molar-refractivity contribution in [3.63, 3.8) is 0 Å². The Kier molecular flexibility index (Phi) is 5.02. The van der Waals surface area contributed by atoms with Gasteiger partial charge in [0.05, 0.1) is 5.39 Å². The van der Waals surface area contributed by atoms with Gasteiger partial charge in [-0.05, 0) is 38.1 Å². The summed E-state index contributed by atoms with van der Waals surface area (Å²) in [5.74, 6) is 0.819. The molecule has 4 heteroatoms. The molecule has 0 bridgehead atoms. The Hall–Kier alpha value is -2.59. The van der Waals surface area contributed by atoms with E-state index in [0.717, 1.165) is 25.2 Å². The molecule has 0 radical (unpaired) electrons. The lowest BCUT2D eigenvalue weighted by Gasteiger charge is -2.26. The number of nitrogens with zero attached hydrogens (tertiary/aromatic N) is 1. The lowest BCUT2D eigenvalue weighted by atomic mass is 10.1. The first-order valence-electron chi connectivity index (χ1n) is 9.29. The Labute approximate surface area is 153 Å². The molecule has 1 aliphatic rings. The van der Waals surface area contributed by atoms with E-state index in [9.17, 15) is 4.79 Å². The van der Waals surface area contributed by atoms with Crippen LogP contribution in [0.25, 0.3) is 22.3 Å². The molecule has 0 amide bonds. The summed E-state index contributed by atoms with van der Waals surface area (Å²) in [4.78, 5) is 15.4. The quantitative estimate of drug-likeness (QED) is 0.688. The van der Waals surface area contributed by atoms with Gasteiger partial charge in [-0.1, -0.05) is 48.9 Å². The number of likely N-dealkylation sites (tertiary alicyclic amines) is 1. The van der Waals surface area contributed by atoms with Crippen LogP contribution < -0.4 is 10.2 Å². The van der Waals surface area contributed by atoms with Crippen LogP contribution in [0, 0.1) is 0 Å². The number of benzene rings is 2. The van der Waals surface area contributed by atoms with Gasteiger partial charge in [0.1, 0.15) is 12.2 Å². The number of para-hydroxylation sites is 1. The Morgan fingerprint density at radius 2 is 1.65 bits per heavy atom. The maximum Gasteiger partial charge on any atom is 0.235 e. The van der Waals surface area contributed by atoms with Crippen LogP contribution in [-0.4, -0.2) is 31.1 Å². The van der Waals surface area contributed by atoms with E-state index in [1.54, 1.807) is 6.07 Å². The van der Waals surface area contributed by atoms with Gasteiger partial charge in [0.2, 0.25) is 11.2 Å². The zero-order valence-electron chi connectivity index (χ0n) is 14.8. The molecule has 2 heterocycles. The van der Waals surface area contributed by atoms with Crippen molar-refractivity contribution in [3.05, 3.63) is 64.8 Å². The molecule has 3 aromatic rings. The molecule has 1 aromatic heterocycles. The highest BCUT2D eigenvalue weighted by atomic mass is 16.5. The highest BCUT2D eigenvalue weighted by molar-refractivity contribution is 5.81. The van der Waals surface area contributed by atoms with Gasteiger partial charge in [-0.2, -0.15) is 0 Å². The summed E-state index contributed by atoms with van der Waals surface area (Å²) in [6.45, 7) is 3.55. The monoisotopic (exact) mass is 349 g/mol. The number of hydrogen-bond acceptors (Lipinski definition) is 4. The molecule has 4 nitrogen and oxygen atoms in total. The first-order chi connectivity index (χ1) is 12.8. The maximum atomic E-state index is 13.0. The second-order valence-electron chi connectivity index (χ2n) is 6.70. The van der Waals surface area contributed by atoms with Crippen LogP contribution in [0.5, 0.6) is 5.75 Å². The first-order valence-corrected chi connectivity index (χ1v) is 9.29. The van der Waals surface area contributed by atoms with Gasteiger partial charge in [0.25, 0.3) is 0 Å². The van der Waals surface area contributed by atoms with Crippen LogP contribution in [0.4, 0.5) is 0 Å². The minimum atomic E-state index is -0.107.